The lowest BCUT2D eigenvalue weighted by molar-refractivity contribution is -0.385. The highest BCUT2D eigenvalue weighted by Crippen LogP contribution is 2.52. The Kier molecular flexibility index (Phi) is 32.5. The monoisotopic (exact) mass is 1870 g/mol. The second-order valence-corrected chi connectivity index (χ2v) is 39.8. The number of halogens is 2. The average molecular weight is 1870 g/mol. The zero-order valence-electron chi connectivity index (χ0n) is 67.4. The zero-order valence-corrected chi connectivity index (χ0v) is 76.4. The highest BCUT2D eigenvalue weighted by atomic mass is 35.5. The van der Waals surface area contributed by atoms with Gasteiger partial charge in [-0.2, -0.15) is 0 Å². The fourth-order valence-corrected chi connectivity index (χ4v) is 23.9. The largest absolute Gasteiger partial charge is 0.524 e. The molecule has 12 heterocycles. The van der Waals surface area contributed by atoms with Crippen molar-refractivity contribution < 1.29 is 69.0 Å². The molecule has 3 unspecified atom stereocenters. The number of benzene rings is 2. The number of aromatic nitrogens is 12. The number of hydrogen-bond donors (Lipinski definition) is 5. The van der Waals surface area contributed by atoms with Crippen LogP contribution in [0.1, 0.15) is 85.0 Å². The molecule has 44 heteroatoms. The van der Waals surface area contributed by atoms with Crippen molar-refractivity contribution in [3.63, 3.8) is 0 Å². The number of amides is 1. The van der Waals surface area contributed by atoms with Crippen molar-refractivity contribution in [1.29, 1.82) is 0 Å². The molecule has 0 saturated carbocycles. The summed E-state index contributed by atoms with van der Waals surface area (Å²) in [5.74, 6) is 4.07. The van der Waals surface area contributed by atoms with E-state index in [2.05, 4.69) is 71.4 Å². The Hall–Kier alpha value is -9.68. The standard InChI is InChI=1S/C26H29N5O7S2.C20H19FN3O5PS3.C19H20ClN5OS2.C13H14N4O2S2/c1-4-5-13-40(34)26-22(31(32)33)20-21(29-24(30-25(20)39-26)23-27-7-6-8-28-23)17-14-18(37-11-9-35-2)16-19(15-17)38-12-10-36-3;1-10(2)9-33(28)20-16(22)14-13(11-3-5-12(6-4-11)29-30(25,26)27)15(21)17(24-18(14)32-20)19-23-7-8-31-19;1-6-7-8-27-19-15(23-11(3)26)12-14(18-22-10(2)9-25(18)5)24-17(21-4)13(20)16(12)28-19;1-3-6-21(18)13-8(14)10-12(20-13)17-9(7(2)16-10)11-15-4-5-19-11/h6-8,14-16H,4-5,9-13H2,1-3H3;3-8,10H,9,22H2,1-2H3,(H2,25,26,27);9H,6-8H2,1-3,5H3,(H,23,26);4-5H,3,6,14H2,1-2H3. The number of aryl methyl sites for hydroxylation is 3. The molecule has 0 aliphatic rings. The Labute approximate surface area is 735 Å². The van der Waals surface area contributed by atoms with Crippen LogP contribution >= 0.6 is 87.9 Å². The first-order chi connectivity index (χ1) is 58.5. The summed E-state index contributed by atoms with van der Waals surface area (Å²) < 4.78 is 102. The van der Waals surface area contributed by atoms with Crippen LogP contribution in [0.25, 0.3) is 114 Å². The van der Waals surface area contributed by atoms with E-state index in [9.17, 15) is 32.1 Å². The van der Waals surface area contributed by atoms with E-state index >= 15 is 4.39 Å². The van der Waals surface area contributed by atoms with Gasteiger partial charge in [-0.25, -0.2) is 58.8 Å². The molecule has 3 atom stereocenters. The lowest BCUT2D eigenvalue weighted by atomic mass is 10.0. The van der Waals surface area contributed by atoms with E-state index in [1.807, 2.05) is 59.4 Å². The first-order valence-electron chi connectivity index (χ1n) is 37.4. The highest BCUT2D eigenvalue weighted by molar-refractivity contribution is 8.01. The molecule has 0 fully saturated rings. The van der Waals surface area contributed by atoms with Crippen LogP contribution in [-0.2, 0) is 58.3 Å². The minimum Gasteiger partial charge on any atom is -0.491 e. The van der Waals surface area contributed by atoms with Crippen LogP contribution in [0.15, 0.2) is 112 Å². The number of thiazole rings is 1. The fourth-order valence-electron chi connectivity index (χ4n) is 11.8. The van der Waals surface area contributed by atoms with Gasteiger partial charge in [0.1, 0.15) is 86.9 Å². The molecular weight excluding hydrogens is 1790 g/mol. The number of phosphoric ester groups is 1. The molecule has 0 saturated heterocycles. The van der Waals surface area contributed by atoms with Crippen LogP contribution < -0.4 is 30.8 Å². The molecule has 0 spiro atoms. The summed E-state index contributed by atoms with van der Waals surface area (Å²) in [5.41, 5.74) is 18.2. The number of pyridine rings is 2. The van der Waals surface area contributed by atoms with Crippen LogP contribution in [0, 0.1) is 42.3 Å². The number of nitrogens with two attached hydrogens (primary N) is 2. The van der Waals surface area contributed by atoms with Gasteiger partial charge in [-0.15, -0.1) is 62.1 Å². The highest BCUT2D eigenvalue weighted by Gasteiger charge is 2.34. The number of ether oxygens (including phenoxy) is 4. The van der Waals surface area contributed by atoms with Crippen LogP contribution in [0.5, 0.6) is 17.2 Å². The van der Waals surface area contributed by atoms with Gasteiger partial charge >= 0.3 is 13.5 Å². The Morgan fingerprint density at radius 2 is 1.41 bits per heavy atom. The molecule has 0 aliphatic heterocycles. The van der Waals surface area contributed by atoms with E-state index in [0.717, 1.165) is 74.1 Å². The third-order valence-corrected chi connectivity index (χ3v) is 30.7. The van der Waals surface area contributed by atoms with Crippen LogP contribution in [-0.4, -0.2) is 156 Å². The molecule has 0 radical (unpaired) electrons. The molecule has 14 aromatic rings. The van der Waals surface area contributed by atoms with Crippen molar-refractivity contribution in [1.82, 2.24) is 59.4 Å². The van der Waals surface area contributed by atoms with Crippen molar-refractivity contribution in [3.05, 3.63) is 135 Å². The van der Waals surface area contributed by atoms with E-state index in [0.29, 0.717) is 144 Å². The summed E-state index contributed by atoms with van der Waals surface area (Å²) >= 11 is 14.4. The number of carbonyl (C=O) groups is 1. The van der Waals surface area contributed by atoms with Crippen LogP contribution in [0.2, 0.25) is 5.02 Å². The molecule has 1 amide bonds. The Bertz CT molecular complexity index is 6240. The molecular formula is C78H82ClFN17O15PS9. The third kappa shape index (κ3) is 22.3. The van der Waals surface area contributed by atoms with Crippen molar-refractivity contribution >= 4 is 196 Å². The van der Waals surface area contributed by atoms with Gasteiger partial charge in [-0.05, 0) is 80.7 Å². The number of fused-ring (bicyclic) bond motifs is 4. The summed E-state index contributed by atoms with van der Waals surface area (Å²) in [7, 11) is -3.77. The molecule has 32 nitrogen and oxygen atoms in total. The van der Waals surface area contributed by atoms with Gasteiger partial charge < -0.3 is 54.1 Å². The second-order valence-electron chi connectivity index (χ2n) is 26.8. The van der Waals surface area contributed by atoms with Gasteiger partial charge in [-0.3, -0.25) is 37.3 Å². The summed E-state index contributed by atoms with van der Waals surface area (Å²) in [4.78, 5) is 95.4. The van der Waals surface area contributed by atoms with Gasteiger partial charge in [-0.1, -0.05) is 89.1 Å². The smallest absolute Gasteiger partial charge is 0.491 e. The maximum absolute atomic E-state index is 15.8. The van der Waals surface area contributed by atoms with Gasteiger partial charge in [0.2, 0.25) is 17.5 Å². The van der Waals surface area contributed by atoms with Crippen molar-refractivity contribution in [3.8, 4) is 85.1 Å². The minimum absolute atomic E-state index is 0.0467. The lowest BCUT2D eigenvalue weighted by Gasteiger charge is -2.13. The SMILES string of the molecule is CC(C)CS(=O)c1sc2nc(-c3nccs3)c(F)c(-c3ccc(OP(=O)(O)O)cc3)c2c1N.CCCCS(=O)c1sc2nc(-c3ncccn3)nc(-c3cc(OCCOC)cc(OCCOC)c3)c2c1[N+](=O)[O-].CCCS(=O)c1sc2nc(-c3ncco3)c(C)nc2c1N.[C-]#[N+]c1nc(-c2nc(C)cn2C)c2c(NC(C)=O)c(SCCCC)sc2c1Cl. The number of imidazole rings is 1. The van der Waals surface area contributed by atoms with Gasteiger partial charge in [0, 0.05) is 98.2 Å². The summed E-state index contributed by atoms with van der Waals surface area (Å²) in [6.45, 7) is 24.0. The number of nitrogen functional groups attached to an aromatic ring is 2. The molecule has 0 aliphatic carbocycles. The van der Waals surface area contributed by atoms with E-state index < -0.39 is 51.0 Å². The topological polar surface area (TPSA) is 443 Å². The predicted molar refractivity (Wildman–Crippen MR) is 482 cm³/mol. The number of thiophene rings is 4. The molecule has 122 heavy (non-hydrogen) atoms. The molecule has 7 N–H and O–H groups in total. The predicted octanol–water partition coefficient (Wildman–Crippen LogP) is 18.5. The number of thioether (sulfide) groups is 1. The van der Waals surface area contributed by atoms with Crippen LogP contribution in [0.3, 0.4) is 0 Å². The third-order valence-electron chi connectivity index (χ3n) is 17.1. The number of nitrogens with zero attached hydrogens (tertiary/aromatic N) is 14. The Morgan fingerprint density at radius 3 is 2.00 bits per heavy atom. The van der Waals surface area contributed by atoms with E-state index in [1.165, 1.54) is 71.5 Å². The van der Waals surface area contributed by atoms with Crippen LogP contribution in [0.4, 0.5) is 33.0 Å². The number of carbonyl (C=O) groups excluding carboxylic acids is 1. The first kappa shape index (κ1) is 93.0. The Balaban J connectivity index is 0.000000162. The fraction of sp³-hybridized carbons (Fsp3) is 0.321. The number of nitro groups is 1. The van der Waals surface area contributed by atoms with Gasteiger partial charge in [0.05, 0.1) is 110 Å². The minimum atomic E-state index is -4.73. The molecule has 2 aromatic carbocycles. The average Bonchev–Trinajstić information content (AvgIpc) is 1.59. The second kappa shape index (κ2) is 42.6. The number of phosphoric acid groups is 1. The van der Waals surface area contributed by atoms with E-state index in [-0.39, 0.29) is 86.2 Å². The molecule has 642 valence electrons. The summed E-state index contributed by atoms with van der Waals surface area (Å²) in [5, 5.41) is 19.1. The quantitative estimate of drug-likeness (QED) is 0.00653. The normalized spacial score (nSPS) is 12.2. The first-order valence-corrected chi connectivity index (χ1v) is 48.4. The van der Waals surface area contributed by atoms with E-state index in [4.69, 9.17) is 67.8 Å². The van der Waals surface area contributed by atoms with E-state index in [1.54, 1.807) is 80.4 Å². The summed E-state index contributed by atoms with van der Waals surface area (Å²) in [6, 6.07) is 12.4. The van der Waals surface area contributed by atoms with Gasteiger partial charge in [0.15, 0.2) is 27.5 Å². The molecule has 0 bridgehead atoms. The number of rotatable bonds is 32. The zero-order chi connectivity index (χ0) is 87.8. The van der Waals surface area contributed by atoms with Gasteiger partial charge in [0.25, 0.3) is 5.82 Å². The maximum Gasteiger partial charge on any atom is 0.524 e. The maximum atomic E-state index is 15.8. The number of hydrogen-bond acceptors (Lipinski definition) is 32. The number of nitrogens with one attached hydrogen (secondary N) is 1. The number of anilines is 3. The van der Waals surface area contributed by atoms with Crippen molar-refractivity contribution in [2.24, 2.45) is 13.0 Å². The van der Waals surface area contributed by atoms with Crippen molar-refractivity contribution in [2.75, 3.05) is 80.4 Å². The number of unbranched alkanes of at least 4 members (excludes halogenated alkanes) is 2. The van der Waals surface area contributed by atoms with Crippen molar-refractivity contribution in [2.45, 2.75) is 104 Å². The number of methoxy groups -OCH3 is 2. The number of oxazole rings is 1. The summed E-state index contributed by atoms with van der Waals surface area (Å²) in [6.07, 6.45) is 14.1. The lowest BCUT2D eigenvalue weighted by Crippen LogP contribution is -2.07. The molecule has 12 aromatic heterocycles. The Morgan fingerprint density at radius 1 is 0.754 bits per heavy atom. The molecule has 14 rings (SSSR count).